The van der Waals surface area contributed by atoms with Gasteiger partial charge in [-0.25, -0.2) is 0 Å². The van der Waals surface area contributed by atoms with E-state index in [1.165, 1.54) is 25.7 Å². The van der Waals surface area contributed by atoms with Crippen LogP contribution in [0.15, 0.2) is 0 Å². The van der Waals surface area contributed by atoms with Gasteiger partial charge in [0.2, 0.25) is 0 Å². The second kappa shape index (κ2) is 3.78. The van der Waals surface area contributed by atoms with Gasteiger partial charge in [0.25, 0.3) is 0 Å². The third-order valence-corrected chi connectivity index (χ3v) is 3.02. The summed E-state index contributed by atoms with van der Waals surface area (Å²) in [5.74, 6) is 0.726. The molecule has 0 amide bonds. The summed E-state index contributed by atoms with van der Waals surface area (Å²) in [7, 11) is 0. The zero-order valence-corrected chi connectivity index (χ0v) is 8.89. The van der Waals surface area contributed by atoms with Crippen LogP contribution in [0.2, 0.25) is 0 Å². The highest BCUT2D eigenvalue weighted by molar-refractivity contribution is 4.79. The largest absolute Gasteiger partial charge is 0.372 e. The first-order valence-corrected chi connectivity index (χ1v) is 5.23. The second-order valence-corrected chi connectivity index (χ2v) is 4.69. The van der Waals surface area contributed by atoms with Crippen molar-refractivity contribution in [1.82, 2.24) is 0 Å². The summed E-state index contributed by atoms with van der Waals surface area (Å²) < 4.78 is 6.03. The molecule has 0 radical (unpaired) electrons. The van der Waals surface area contributed by atoms with Crippen molar-refractivity contribution in [3.05, 3.63) is 0 Å². The minimum atomic E-state index is 0.131. The van der Waals surface area contributed by atoms with E-state index in [1.807, 2.05) is 0 Å². The van der Waals surface area contributed by atoms with Crippen LogP contribution in [-0.2, 0) is 4.74 Å². The quantitative estimate of drug-likeness (QED) is 0.617. The van der Waals surface area contributed by atoms with Gasteiger partial charge in [0.15, 0.2) is 0 Å². The van der Waals surface area contributed by atoms with Crippen LogP contribution in [0.5, 0.6) is 0 Å². The summed E-state index contributed by atoms with van der Waals surface area (Å²) in [6.07, 6.45) is 5.57. The van der Waals surface area contributed by atoms with Crippen molar-refractivity contribution in [2.24, 2.45) is 5.92 Å². The van der Waals surface area contributed by atoms with Gasteiger partial charge in [-0.05, 0) is 39.0 Å². The molecule has 12 heavy (non-hydrogen) atoms. The Hall–Kier alpha value is -0.0400. The lowest BCUT2D eigenvalue weighted by Gasteiger charge is -2.38. The van der Waals surface area contributed by atoms with Crippen molar-refractivity contribution < 1.29 is 4.74 Å². The molecule has 0 aliphatic carbocycles. The predicted molar refractivity (Wildman–Crippen MR) is 52.3 cm³/mol. The highest BCUT2D eigenvalue weighted by atomic mass is 16.5. The molecule has 0 spiro atoms. The van der Waals surface area contributed by atoms with E-state index in [-0.39, 0.29) is 5.60 Å². The Morgan fingerprint density at radius 3 is 2.67 bits per heavy atom. The molecular weight excluding hydrogens is 148 g/mol. The highest BCUT2D eigenvalue weighted by Gasteiger charge is 2.30. The number of rotatable bonds is 2. The molecule has 0 aromatic rings. The highest BCUT2D eigenvalue weighted by Crippen LogP contribution is 2.31. The van der Waals surface area contributed by atoms with Crippen LogP contribution >= 0.6 is 0 Å². The lowest BCUT2D eigenvalue weighted by molar-refractivity contribution is -0.126. The summed E-state index contributed by atoms with van der Waals surface area (Å²) in [4.78, 5) is 0. The Labute approximate surface area is 76.5 Å². The first kappa shape index (κ1) is 10.0. The van der Waals surface area contributed by atoms with E-state index in [1.54, 1.807) is 0 Å². The number of ether oxygens (including phenoxy) is 1. The van der Waals surface area contributed by atoms with E-state index >= 15 is 0 Å². The first-order valence-electron chi connectivity index (χ1n) is 5.23. The van der Waals surface area contributed by atoms with E-state index in [4.69, 9.17) is 4.74 Å². The molecule has 1 aliphatic rings. The summed E-state index contributed by atoms with van der Waals surface area (Å²) in [5, 5.41) is 0. The fourth-order valence-electron chi connectivity index (χ4n) is 1.92. The lowest BCUT2D eigenvalue weighted by atomic mass is 9.89. The van der Waals surface area contributed by atoms with E-state index in [2.05, 4.69) is 27.7 Å². The second-order valence-electron chi connectivity index (χ2n) is 4.69. The summed E-state index contributed by atoms with van der Waals surface area (Å²) in [6.45, 7) is 8.96. The Balaban J connectivity index is 2.46. The first-order chi connectivity index (χ1) is 5.55. The monoisotopic (exact) mass is 170 g/mol. The Morgan fingerprint density at radius 2 is 2.17 bits per heavy atom. The molecule has 0 aromatic carbocycles. The van der Waals surface area contributed by atoms with Gasteiger partial charge in [-0.1, -0.05) is 20.3 Å². The molecule has 1 rings (SSSR count). The van der Waals surface area contributed by atoms with Crippen LogP contribution in [0.4, 0.5) is 0 Å². The zero-order valence-electron chi connectivity index (χ0n) is 8.89. The van der Waals surface area contributed by atoms with Crippen LogP contribution in [0, 0.1) is 5.92 Å². The molecule has 0 bridgehead atoms. The molecule has 2 atom stereocenters. The van der Waals surface area contributed by atoms with Gasteiger partial charge in [0.1, 0.15) is 0 Å². The van der Waals surface area contributed by atoms with Crippen LogP contribution in [-0.4, -0.2) is 11.7 Å². The molecule has 72 valence electrons. The number of hydrogen-bond acceptors (Lipinski definition) is 1. The standard InChI is InChI=1S/C11H22O/c1-5-9(2)10-7-6-8-11(3,4)12-10/h9-10H,5-8H2,1-4H3. The van der Waals surface area contributed by atoms with E-state index < -0.39 is 0 Å². The van der Waals surface area contributed by atoms with Gasteiger partial charge in [-0.15, -0.1) is 0 Å². The Bertz CT molecular complexity index is 140. The fraction of sp³-hybridized carbons (Fsp3) is 1.00. The molecule has 1 nitrogen and oxygen atoms in total. The molecular formula is C11H22O. The molecule has 2 unspecified atom stereocenters. The van der Waals surface area contributed by atoms with Crippen LogP contribution in [0.1, 0.15) is 53.4 Å². The van der Waals surface area contributed by atoms with Crippen LogP contribution in [0.3, 0.4) is 0 Å². The molecule has 1 heteroatoms. The van der Waals surface area contributed by atoms with Crippen molar-refractivity contribution in [2.45, 2.75) is 65.1 Å². The molecule has 0 N–H and O–H groups in total. The van der Waals surface area contributed by atoms with Crippen molar-refractivity contribution >= 4 is 0 Å². The van der Waals surface area contributed by atoms with Crippen molar-refractivity contribution in [1.29, 1.82) is 0 Å². The van der Waals surface area contributed by atoms with Crippen molar-refractivity contribution in [3.63, 3.8) is 0 Å². The van der Waals surface area contributed by atoms with Gasteiger partial charge in [-0.3, -0.25) is 0 Å². The molecule has 1 fully saturated rings. The fourth-order valence-corrected chi connectivity index (χ4v) is 1.92. The smallest absolute Gasteiger partial charge is 0.0630 e. The molecule has 1 saturated heterocycles. The zero-order chi connectivity index (χ0) is 9.19. The molecule has 0 saturated carbocycles. The summed E-state index contributed by atoms with van der Waals surface area (Å²) in [5.41, 5.74) is 0.131. The Morgan fingerprint density at radius 1 is 1.50 bits per heavy atom. The van der Waals surface area contributed by atoms with Crippen molar-refractivity contribution in [3.8, 4) is 0 Å². The number of hydrogen-bond donors (Lipinski definition) is 0. The SMILES string of the molecule is CCC(C)C1CCCC(C)(C)O1. The normalized spacial score (nSPS) is 31.5. The van der Waals surface area contributed by atoms with Gasteiger partial charge in [0, 0.05) is 0 Å². The summed E-state index contributed by atoms with van der Waals surface area (Å²) >= 11 is 0. The van der Waals surface area contributed by atoms with Gasteiger partial charge in [-0.2, -0.15) is 0 Å². The lowest BCUT2D eigenvalue weighted by Crippen LogP contribution is -2.38. The van der Waals surface area contributed by atoms with Crippen LogP contribution in [0.25, 0.3) is 0 Å². The minimum Gasteiger partial charge on any atom is -0.372 e. The molecule has 0 aromatic heterocycles. The third-order valence-electron chi connectivity index (χ3n) is 3.02. The van der Waals surface area contributed by atoms with E-state index in [0.717, 1.165) is 5.92 Å². The van der Waals surface area contributed by atoms with Gasteiger partial charge < -0.3 is 4.74 Å². The minimum absolute atomic E-state index is 0.131. The maximum absolute atomic E-state index is 6.03. The average molecular weight is 170 g/mol. The Kier molecular flexibility index (Phi) is 3.16. The van der Waals surface area contributed by atoms with Crippen LogP contribution < -0.4 is 0 Å². The maximum Gasteiger partial charge on any atom is 0.0630 e. The third kappa shape index (κ3) is 2.48. The predicted octanol–water partition coefficient (Wildman–Crippen LogP) is 3.38. The summed E-state index contributed by atoms with van der Waals surface area (Å²) in [6, 6.07) is 0. The molecule has 1 aliphatic heterocycles. The van der Waals surface area contributed by atoms with Crippen molar-refractivity contribution in [2.75, 3.05) is 0 Å². The van der Waals surface area contributed by atoms with E-state index in [0.29, 0.717) is 6.10 Å². The maximum atomic E-state index is 6.03. The molecule has 1 heterocycles. The van der Waals surface area contributed by atoms with E-state index in [9.17, 15) is 0 Å². The topological polar surface area (TPSA) is 9.23 Å². The van der Waals surface area contributed by atoms with Gasteiger partial charge >= 0.3 is 0 Å². The average Bonchev–Trinajstić information content (AvgIpc) is 2.01. The van der Waals surface area contributed by atoms with Gasteiger partial charge in [0.05, 0.1) is 11.7 Å².